The van der Waals surface area contributed by atoms with E-state index in [-0.39, 0.29) is 18.2 Å². The van der Waals surface area contributed by atoms with Gasteiger partial charge in [-0.2, -0.15) is 4.98 Å². The summed E-state index contributed by atoms with van der Waals surface area (Å²) in [5, 5.41) is 10.9. The molecule has 0 saturated carbocycles. The Balaban J connectivity index is 1.27. The van der Waals surface area contributed by atoms with Gasteiger partial charge in [-0.05, 0) is 23.1 Å². The number of fused-ring (bicyclic) bond motifs is 2. The van der Waals surface area contributed by atoms with Crippen molar-refractivity contribution in [1.82, 2.24) is 15.0 Å². The van der Waals surface area contributed by atoms with Gasteiger partial charge in [0.2, 0.25) is 6.29 Å². The molecule has 2 aliphatic rings. The van der Waals surface area contributed by atoms with Crippen LogP contribution in [-0.2, 0) is 9.47 Å². The van der Waals surface area contributed by atoms with Crippen molar-refractivity contribution in [3.63, 3.8) is 0 Å². The van der Waals surface area contributed by atoms with E-state index in [4.69, 9.17) is 25.8 Å². The lowest BCUT2D eigenvalue weighted by Crippen LogP contribution is -2.35. The maximum absolute atomic E-state index is 10.4. The zero-order chi connectivity index (χ0) is 21.7. The van der Waals surface area contributed by atoms with E-state index in [2.05, 4.69) is 39.2 Å². The summed E-state index contributed by atoms with van der Waals surface area (Å²) in [6, 6.07) is 18.5. The lowest BCUT2D eigenvalue weighted by atomic mass is 10.0. The number of H-pyrrole nitrogens is 1. The molecule has 2 N–H and O–H groups in total. The minimum Gasteiger partial charge on any atom is -0.432 e. The largest absolute Gasteiger partial charge is 0.432 e. The molecule has 0 amide bonds. The normalized spacial score (nSPS) is 24.7. The summed E-state index contributed by atoms with van der Waals surface area (Å²) in [6.07, 6.45) is 0.195. The summed E-state index contributed by atoms with van der Waals surface area (Å²) < 4.78 is 17.0. The van der Waals surface area contributed by atoms with E-state index in [1.165, 1.54) is 0 Å². The van der Waals surface area contributed by atoms with Crippen LogP contribution in [0.2, 0.25) is 5.02 Å². The molecule has 7 nitrogen and oxygen atoms in total. The Hall–Kier alpha value is -2.97. The van der Waals surface area contributed by atoms with E-state index in [9.17, 15) is 5.11 Å². The van der Waals surface area contributed by atoms with Crippen LogP contribution in [-0.4, -0.2) is 51.3 Å². The quantitative estimate of drug-likeness (QED) is 0.485. The molecule has 0 spiro atoms. The first-order chi connectivity index (χ1) is 15.7. The van der Waals surface area contributed by atoms with Gasteiger partial charge in [-0.15, -0.1) is 0 Å². The number of benzene rings is 2. The fraction of sp³-hybridized carbons (Fsp3) is 0.250. The molecule has 2 fully saturated rings. The number of hydrogen-bond acceptors (Lipinski definition) is 6. The molecule has 32 heavy (non-hydrogen) atoms. The number of pyridine rings is 1. The minimum absolute atomic E-state index is 0.161. The molecule has 2 aliphatic heterocycles. The smallest absolute Gasteiger partial charge is 0.298 e. The van der Waals surface area contributed by atoms with Crippen LogP contribution in [0.15, 0.2) is 60.8 Å². The lowest BCUT2D eigenvalue weighted by Gasteiger charge is -2.16. The third-order valence-electron chi connectivity index (χ3n) is 5.96. The van der Waals surface area contributed by atoms with Gasteiger partial charge < -0.3 is 19.3 Å². The van der Waals surface area contributed by atoms with Gasteiger partial charge in [0.1, 0.15) is 17.7 Å². The van der Waals surface area contributed by atoms with Gasteiger partial charge in [0.25, 0.3) is 6.01 Å². The van der Waals surface area contributed by atoms with Crippen molar-refractivity contribution in [2.75, 3.05) is 6.61 Å². The van der Waals surface area contributed by atoms with Crippen LogP contribution >= 0.6 is 11.6 Å². The van der Waals surface area contributed by atoms with Crippen molar-refractivity contribution in [3.8, 4) is 28.3 Å². The molecule has 4 heterocycles. The molecule has 0 radical (unpaired) electrons. The molecule has 4 aromatic rings. The Morgan fingerprint density at radius 2 is 1.78 bits per heavy atom. The zero-order valence-corrected chi connectivity index (χ0v) is 17.7. The van der Waals surface area contributed by atoms with Crippen molar-refractivity contribution in [2.24, 2.45) is 0 Å². The van der Waals surface area contributed by atoms with E-state index in [1.807, 2.05) is 30.3 Å². The van der Waals surface area contributed by atoms with Crippen molar-refractivity contribution in [2.45, 2.75) is 31.0 Å². The average molecular weight is 450 g/mol. The Labute approximate surface area is 188 Å². The Morgan fingerprint density at radius 1 is 1.03 bits per heavy atom. The predicted molar refractivity (Wildman–Crippen MR) is 119 cm³/mol. The second kappa shape index (κ2) is 7.86. The third kappa shape index (κ3) is 3.34. The van der Waals surface area contributed by atoms with Crippen LogP contribution in [0.4, 0.5) is 0 Å². The van der Waals surface area contributed by atoms with Gasteiger partial charge in [-0.1, -0.05) is 66.2 Å². The van der Waals surface area contributed by atoms with Crippen molar-refractivity contribution < 1.29 is 19.3 Å². The molecule has 0 bridgehead atoms. The van der Waals surface area contributed by atoms with Crippen molar-refractivity contribution in [3.05, 3.63) is 65.8 Å². The van der Waals surface area contributed by atoms with Gasteiger partial charge >= 0.3 is 0 Å². The molecule has 0 aliphatic carbocycles. The Kier molecular flexibility index (Phi) is 4.84. The highest BCUT2D eigenvalue weighted by Crippen LogP contribution is 2.35. The Morgan fingerprint density at radius 3 is 2.56 bits per heavy atom. The topological polar surface area (TPSA) is 89.5 Å². The van der Waals surface area contributed by atoms with Crippen LogP contribution in [0.5, 0.6) is 6.01 Å². The number of aromatic nitrogens is 3. The van der Waals surface area contributed by atoms with E-state index >= 15 is 0 Å². The number of aliphatic hydroxyl groups excluding tert-OH is 1. The summed E-state index contributed by atoms with van der Waals surface area (Å²) in [4.78, 5) is 11.9. The van der Waals surface area contributed by atoms with Crippen LogP contribution in [0.25, 0.3) is 33.4 Å². The standard InChI is InChI=1S/C24H20ClN3O4/c25-18-16(15-8-6-14(7-9-15)13-4-2-1-3-5-13)12-26-22-19(18)27-24(28-22)32-23-20(29)21-17(31-23)10-11-30-21/h1-9,12,17,20-21,23,29H,10-11H2,(H,26,27,28). The predicted octanol–water partition coefficient (Wildman–Crippen LogP) is 4.20. The highest BCUT2D eigenvalue weighted by Gasteiger charge is 2.49. The summed E-state index contributed by atoms with van der Waals surface area (Å²) in [6.45, 7) is 0.582. The number of ether oxygens (including phenoxy) is 3. The number of hydrogen-bond donors (Lipinski definition) is 2. The summed E-state index contributed by atoms with van der Waals surface area (Å²) in [5.41, 5.74) is 4.98. The molecule has 6 rings (SSSR count). The fourth-order valence-corrected chi connectivity index (χ4v) is 4.59. The van der Waals surface area contributed by atoms with Gasteiger partial charge in [0.15, 0.2) is 5.65 Å². The highest BCUT2D eigenvalue weighted by molar-refractivity contribution is 6.37. The second-order valence-electron chi connectivity index (χ2n) is 7.94. The molecule has 2 aromatic heterocycles. The zero-order valence-electron chi connectivity index (χ0n) is 16.9. The number of halogens is 1. The summed E-state index contributed by atoms with van der Waals surface area (Å²) in [5.74, 6) is 0. The number of nitrogens with zero attached hydrogens (tertiary/aromatic N) is 2. The van der Waals surface area contributed by atoms with E-state index in [0.29, 0.717) is 22.8 Å². The molecular weight excluding hydrogens is 430 g/mol. The molecule has 162 valence electrons. The molecule has 8 heteroatoms. The maximum Gasteiger partial charge on any atom is 0.298 e. The minimum atomic E-state index is -0.877. The summed E-state index contributed by atoms with van der Waals surface area (Å²) >= 11 is 6.69. The van der Waals surface area contributed by atoms with Crippen molar-refractivity contribution >= 4 is 22.8 Å². The number of aromatic amines is 1. The first kappa shape index (κ1) is 19.7. The van der Waals surface area contributed by atoms with Gasteiger partial charge in [0, 0.05) is 18.4 Å². The van der Waals surface area contributed by atoms with Crippen LogP contribution < -0.4 is 4.74 Å². The van der Waals surface area contributed by atoms with Gasteiger partial charge in [-0.3, -0.25) is 4.98 Å². The van der Waals surface area contributed by atoms with Crippen molar-refractivity contribution in [1.29, 1.82) is 0 Å². The molecule has 4 atom stereocenters. The fourth-order valence-electron chi connectivity index (χ4n) is 4.30. The highest BCUT2D eigenvalue weighted by atomic mass is 35.5. The molecule has 4 unspecified atom stereocenters. The summed E-state index contributed by atoms with van der Waals surface area (Å²) in [7, 11) is 0. The van der Waals surface area contributed by atoms with Crippen LogP contribution in [0.1, 0.15) is 6.42 Å². The lowest BCUT2D eigenvalue weighted by molar-refractivity contribution is -0.119. The SMILES string of the molecule is OC1C(Oc2nc3c(Cl)c(-c4ccc(-c5ccccc5)cc4)cnc3[nH]2)OC2CCOC21. The van der Waals surface area contributed by atoms with E-state index in [1.54, 1.807) is 6.20 Å². The van der Waals surface area contributed by atoms with Crippen LogP contribution in [0.3, 0.4) is 0 Å². The third-order valence-corrected chi connectivity index (χ3v) is 6.35. The maximum atomic E-state index is 10.4. The first-order valence-corrected chi connectivity index (χ1v) is 10.9. The van der Waals surface area contributed by atoms with Gasteiger partial charge in [0.05, 0.1) is 11.1 Å². The second-order valence-corrected chi connectivity index (χ2v) is 8.32. The Bertz CT molecular complexity index is 1260. The monoisotopic (exact) mass is 449 g/mol. The van der Waals surface area contributed by atoms with Crippen LogP contribution in [0, 0.1) is 0 Å². The number of imidazole rings is 1. The number of nitrogens with one attached hydrogen (secondary N) is 1. The average Bonchev–Trinajstić information content (AvgIpc) is 3.52. The number of rotatable bonds is 4. The van der Waals surface area contributed by atoms with Gasteiger partial charge in [-0.25, -0.2) is 4.98 Å². The first-order valence-electron chi connectivity index (χ1n) is 10.5. The molecular formula is C24H20ClN3O4. The van der Waals surface area contributed by atoms with E-state index in [0.717, 1.165) is 28.7 Å². The van der Waals surface area contributed by atoms with E-state index < -0.39 is 12.4 Å². The number of aliphatic hydroxyl groups is 1. The molecule has 2 aromatic carbocycles. The molecule has 2 saturated heterocycles.